The Labute approximate surface area is 205 Å². The Morgan fingerprint density at radius 3 is 2.26 bits per heavy atom. The molecule has 34 heavy (non-hydrogen) atoms. The van der Waals surface area contributed by atoms with Crippen LogP contribution in [0.3, 0.4) is 0 Å². The largest absolute Gasteiger partial charge is 0.396 e. The summed E-state index contributed by atoms with van der Waals surface area (Å²) in [5.74, 6) is -0.388. The van der Waals surface area contributed by atoms with Gasteiger partial charge in [-0.25, -0.2) is 0 Å². The van der Waals surface area contributed by atoms with Crippen molar-refractivity contribution in [2.24, 2.45) is 5.92 Å². The van der Waals surface area contributed by atoms with Crippen LogP contribution in [0.15, 0.2) is 24.5 Å². The summed E-state index contributed by atoms with van der Waals surface area (Å²) in [6, 6.07) is 3.54. The number of aliphatic hydroxyl groups excluding tert-OH is 1. The Kier molecular flexibility index (Phi) is 14.5. The minimum absolute atomic E-state index is 0.00506. The number of carbonyl (C=O) groups is 2. The Hall–Kier alpha value is -1.99. The van der Waals surface area contributed by atoms with Gasteiger partial charge in [-0.3, -0.25) is 14.6 Å². The molecule has 2 amide bonds. The van der Waals surface area contributed by atoms with E-state index in [0.717, 1.165) is 70.1 Å². The van der Waals surface area contributed by atoms with E-state index in [0.29, 0.717) is 13.2 Å². The highest BCUT2D eigenvalue weighted by atomic mass is 16.5. The minimum atomic E-state index is -0.356. The monoisotopic (exact) mass is 475 g/mol. The molecule has 2 N–H and O–H groups in total. The number of aromatic nitrogens is 1. The molecule has 0 aliphatic carbocycles. The molecule has 7 nitrogen and oxygen atoms in total. The fourth-order valence-electron chi connectivity index (χ4n) is 4.62. The summed E-state index contributed by atoms with van der Waals surface area (Å²) < 4.78 is 5.73. The number of amides is 2. The highest BCUT2D eigenvalue weighted by Crippen LogP contribution is 2.36. The van der Waals surface area contributed by atoms with Crippen molar-refractivity contribution in [3.8, 4) is 0 Å². The Morgan fingerprint density at radius 1 is 1.03 bits per heavy atom. The number of nitrogens with one attached hydrogen (secondary N) is 1. The van der Waals surface area contributed by atoms with Crippen molar-refractivity contribution in [3.63, 3.8) is 0 Å². The van der Waals surface area contributed by atoms with Crippen LogP contribution in [0.5, 0.6) is 0 Å². The summed E-state index contributed by atoms with van der Waals surface area (Å²) in [7, 11) is 1.76. The van der Waals surface area contributed by atoms with Gasteiger partial charge in [0.05, 0.1) is 12.0 Å². The lowest BCUT2D eigenvalue weighted by atomic mass is 9.94. The molecule has 192 valence electrons. The van der Waals surface area contributed by atoms with Crippen LogP contribution in [0, 0.1) is 5.92 Å². The van der Waals surface area contributed by atoms with Crippen LogP contribution in [0.25, 0.3) is 0 Å². The number of rotatable bonds is 19. The van der Waals surface area contributed by atoms with Gasteiger partial charge in [0, 0.05) is 52.2 Å². The van der Waals surface area contributed by atoms with E-state index in [1.165, 1.54) is 25.7 Å². The van der Waals surface area contributed by atoms with Crippen molar-refractivity contribution in [2.75, 3.05) is 33.4 Å². The van der Waals surface area contributed by atoms with Crippen LogP contribution in [0.4, 0.5) is 0 Å². The number of hydrogen-bond donors (Lipinski definition) is 2. The van der Waals surface area contributed by atoms with Crippen molar-refractivity contribution in [3.05, 3.63) is 30.1 Å². The average molecular weight is 476 g/mol. The fraction of sp³-hybridized carbons (Fsp3) is 0.741. The van der Waals surface area contributed by atoms with E-state index in [9.17, 15) is 9.59 Å². The van der Waals surface area contributed by atoms with E-state index in [1.54, 1.807) is 24.3 Å². The molecule has 1 saturated heterocycles. The van der Waals surface area contributed by atoms with Crippen molar-refractivity contribution in [1.29, 1.82) is 0 Å². The van der Waals surface area contributed by atoms with Crippen LogP contribution in [-0.2, 0) is 14.3 Å². The number of carbonyl (C=O) groups excluding carboxylic acids is 2. The maximum Gasteiger partial charge on any atom is 0.226 e. The Morgan fingerprint density at radius 2 is 1.65 bits per heavy atom. The Balaban J connectivity index is 1.44. The van der Waals surface area contributed by atoms with E-state index in [-0.39, 0.29) is 30.2 Å². The van der Waals surface area contributed by atoms with E-state index >= 15 is 0 Å². The number of ether oxygens (including phenoxy) is 1. The van der Waals surface area contributed by atoms with Gasteiger partial charge >= 0.3 is 0 Å². The lowest BCUT2D eigenvalue weighted by Crippen LogP contribution is -2.35. The van der Waals surface area contributed by atoms with Crippen LogP contribution < -0.4 is 5.32 Å². The summed E-state index contributed by atoms with van der Waals surface area (Å²) in [5, 5.41) is 11.8. The van der Waals surface area contributed by atoms with Crippen molar-refractivity contribution in [2.45, 2.75) is 89.5 Å². The van der Waals surface area contributed by atoms with Gasteiger partial charge in [0.15, 0.2) is 0 Å². The van der Waals surface area contributed by atoms with Gasteiger partial charge in [-0.2, -0.15) is 0 Å². The predicted octanol–water partition coefficient (Wildman–Crippen LogP) is 4.41. The molecule has 0 aromatic carbocycles. The lowest BCUT2D eigenvalue weighted by molar-refractivity contribution is -0.128. The van der Waals surface area contributed by atoms with Gasteiger partial charge in [0.2, 0.25) is 11.8 Å². The van der Waals surface area contributed by atoms with Gasteiger partial charge < -0.3 is 20.1 Å². The van der Waals surface area contributed by atoms with E-state index in [1.807, 2.05) is 12.1 Å². The number of likely N-dealkylation sites (tertiary alicyclic amines) is 1. The third-order valence-corrected chi connectivity index (χ3v) is 6.66. The number of hydrogen-bond acceptors (Lipinski definition) is 5. The molecule has 0 radical (unpaired) electrons. The van der Waals surface area contributed by atoms with Crippen molar-refractivity contribution >= 4 is 11.8 Å². The van der Waals surface area contributed by atoms with Crippen LogP contribution >= 0.6 is 0 Å². The Bertz CT molecular complexity index is 686. The predicted molar refractivity (Wildman–Crippen MR) is 134 cm³/mol. The molecule has 0 bridgehead atoms. The topological polar surface area (TPSA) is 91.8 Å². The fourth-order valence-corrected chi connectivity index (χ4v) is 4.62. The molecular weight excluding hydrogens is 430 g/mol. The molecule has 0 saturated carbocycles. The summed E-state index contributed by atoms with van der Waals surface area (Å²) in [6.45, 7) is 2.68. The third kappa shape index (κ3) is 10.5. The lowest BCUT2D eigenvalue weighted by Gasteiger charge is -2.24. The van der Waals surface area contributed by atoms with Gasteiger partial charge in [-0.15, -0.1) is 0 Å². The highest BCUT2D eigenvalue weighted by molar-refractivity contribution is 5.90. The molecule has 0 unspecified atom stereocenters. The van der Waals surface area contributed by atoms with Crippen LogP contribution in [0.1, 0.15) is 95.1 Å². The molecule has 7 heteroatoms. The number of pyridine rings is 1. The molecule has 1 fully saturated rings. The molecular formula is C27H45N3O4. The summed E-state index contributed by atoms with van der Waals surface area (Å²) in [4.78, 5) is 30.8. The maximum atomic E-state index is 12.7. The number of nitrogens with zero attached hydrogens (tertiary/aromatic N) is 2. The first kappa shape index (κ1) is 28.2. The van der Waals surface area contributed by atoms with Crippen molar-refractivity contribution in [1.82, 2.24) is 15.2 Å². The first-order valence-corrected chi connectivity index (χ1v) is 13.3. The third-order valence-electron chi connectivity index (χ3n) is 6.66. The zero-order chi connectivity index (χ0) is 24.4. The highest BCUT2D eigenvalue weighted by Gasteiger charge is 2.42. The zero-order valence-electron chi connectivity index (χ0n) is 21.1. The van der Waals surface area contributed by atoms with E-state index in [2.05, 4.69) is 10.3 Å². The SMILES string of the molecule is CN1C(=O)C[C@H](C(=O)NCCCCCCCOCCCCCCCCCO)[C@H]1c1cccnc1. The number of aliphatic hydroxyl groups is 1. The first-order valence-electron chi connectivity index (χ1n) is 13.3. The van der Waals surface area contributed by atoms with Gasteiger partial charge in [-0.1, -0.05) is 57.4 Å². The first-order chi connectivity index (χ1) is 16.6. The smallest absolute Gasteiger partial charge is 0.226 e. The van der Waals surface area contributed by atoms with Crippen LogP contribution in [-0.4, -0.2) is 60.2 Å². The molecule has 1 aliphatic heterocycles. The quantitative estimate of drug-likeness (QED) is 0.289. The molecule has 1 aliphatic rings. The zero-order valence-corrected chi connectivity index (χ0v) is 21.1. The van der Waals surface area contributed by atoms with Crippen molar-refractivity contribution < 1.29 is 19.4 Å². The molecule has 1 aromatic heterocycles. The van der Waals surface area contributed by atoms with E-state index < -0.39 is 0 Å². The molecule has 2 heterocycles. The average Bonchev–Trinajstić information content (AvgIpc) is 3.15. The summed E-state index contributed by atoms with van der Waals surface area (Å²) in [5.41, 5.74) is 0.910. The van der Waals surface area contributed by atoms with Gasteiger partial charge in [0.1, 0.15) is 0 Å². The van der Waals surface area contributed by atoms with Gasteiger partial charge in [0.25, 0.3) is 0 Å². The van der Waals surface area contributed by atoms with E-state index in [4.69, 9.17) is 9.84 Å². The molecule has 2 atom stereocenters. The second kappa shape index (κ2) is 17.4. The summed E-state index contributed by atoms with van der Waals surface area (Å²) in [6.07, 6.45) is 17.4. The minimum Gasteiger partial charge on any atom is -0.396 e. The second-order valence-corrected chi connectivity index (χ2v) is 9.42. The number of unbranched alkanes of at least 4 members (excludes halogenated alkanes) is 10. The van der Waals surface area contributed by atoms with Gasteiger partial charge in [-0.05, 0) is 37.3 Å². The van der Waals surface area contributed by atoms with Crippen LogP contribution in [0.2, 0.25) is 0 Å². The molecule has 2 rings (SSSR count). The maximum absolute atomic E-state index is 12.7. The standard InChI is InChI=1S/C27H45N3O4/c1-30-25(32)21-24(26(30)23-15-14-16-28-22-23)27(33)29-17-10-6-5-9-13-20-34-19-12-8-4-2-3-7-11-18-31/h14-16,22,24,26,31H,2-13,17-21H2,1H3,(H,29,33)/t24-,26+/m0/s1. The molecule has 0 spiro atoms. The molecule has 1 aromatic rings. The second-order valence-electron chi connectivity index (χ2n) is 9.42. The normalized spacial score (nSPS) is 17.9. The summed E-state index contributed by atoms with van der Waals surface area (Å²) >= 11 is 0.